The predicted octanol–water partition coefficient (Wildman–Crippen LogP) is 0.0792. The molecule has 0 bridgehead atoms. The van der Waals surface area contributed by atoms with Gasteiger partial charge in [-0.3, -0.25) is 9.59 Å². The lowest BCUT2D eigenvalue weighted by Crippen LogP contribution is -2.68. The molecule has 0 aromatic carbocycles. The number of hydrogen-bond donors (Lipinski definition) is 1. The quantitative estimate of drug-likeness (QED) is 0.800. The van der Waals surface area contributed by atoms with Crippen molar-refractivity contribution in [1.29, 1.82) is 0 Å². The Morgan fingerprint density at radius 2 is 2.00 bits per heavy atom. The minimum atomic E-state index is -3.12. The van der Waals surface area contributed by atoms with Gasteiger partial charge in [-0.05, 0) is 33.1 Å². The second-order valence-electron chi connectivity index (χ2n) is 6.13. The Kier molecular flexibility index (Phi) is 3.83. The van der Waals surface area contributed by atoms with E-state index < -0.39 is 26.7 Å². The molecule has 0 aromatic heterocycles. The number of sulfone groups is 1. The van der Waals surface area contributed by atoms with E-state index >= 15 is 0 Å². The van der Waals surface area contributed by atoms with E-state index in [1.807, 2.05) is 6.92 Å². The van der Waals surface area contributed by atoms with Crippen molar-refractivity contribution >= 4 is 21.7 Å². The van der Waals surface area contributed by atoms with Crippen LogP contribution in [0.25, 0.3) is 0 Å². The van der Waals surface area contributed by atoms with Gasteiger partial charge < -0.3 is 10.2 Å². The Labute approximate surface area is 119 Å². The molecular weight excluding hydrogens is 280 g/mol. The molecule has 2 atom stereocenters. The van der Waals surface area contributed by atoms with Crippen molar-refractivity contribution in [3.8, 4) is 0 Å². The van der Waals surface area contributed by atoms with Gasteiger partial charge in [0.05, 0.1) is 11.0 Å². The number of hydrogen-bond acceptors (Lipinski definition) is 4. The van der Waals surface area contributed by atoms with Crippen LogP contribution in [0.1, 0.15) is 40.0 Å². The van der Waals surface area contributed by atoms with Gasteiger partial charge in [0.1, 0.15) is 11.6 Å². The lowest BCUT2D eigenvalue weighted by Gasteiger charge is -2.43. The zero-order valence-corrected chi connectivity index (χ0v) is 13.0. The van der Waals surface area contributed by atoms with Crippen LogP contribution in [0.3, 0.4) is 0 Å². The zero-order chi connectivity index (χ0) is 15.1. The number of nitrogens with zero attached hydrogens (tertiary/aromatic N) is 1. The number of carbonyl (C=O) groups is 2. The van der Waals surface area contributed by atoms with E-state index in [1.165, 1.54) is 4.90 Å². The van der Waals surface area contributed by atoms with E-state index in [0.29, 0.717) is 19.3 Å². The fraction of sp³-hybridized carbons (Fsp3) is 0.846. The summed E-state index contributed by atoms with van der Waals surface area (Å²) >= 11 is 0. The van der Waals surface area contributed by atoms with Crippen LogP contribution in [-0.2, 0) is 19.4 Å². The summed E-state index contributed by atoms with van der Waals surface area (Å²) < 4.78 is 23.9. The Balaban J connectivity index is 2.26. The van der Waals surface area contributed by atoms with Gasteiger partial charge in [0.25, 0.3) is 0 Å². The molecule has 2 unspecified atom stereocenters. The molecule has 2 fully saturated rings. The second-order valence-corrected chi connectivity index (χ2v) is 8.53. The minimum Gasteiger partial charge on any atom is -0.340 e. The number of amides is 2. The van der Waals surface area contributed by atoms with Crippen molar-refractivity contribution in [2.45, 2.75) is 56.9 Å². The molecule has 114 valence electrons. The number of rotatable bonds is 3. The van der Waals surface area contributed by atoms with Gasteiger partial charge >= 0.3 is 0 Å². The first-order valence-electron chi connectivity index (χ1n) is 7.03. The van der Waals surface area contributed by atoms with E-state index in [4.69, 9.17) is 0 Å². The SMILES string of the molecule is CCC1C(=O)NC(C)(C)C(=O)N1CC1CCCS1(=O)=O. The molecule has 2 rings (SSSR count). The van der Waals surface area contributed by atoms with Crippen LogP contribution in [-0.4, -0.2) is 54.3 Å². The van der Waals surface area contributed by atoms with E-state index in [1.54, 1.807) is 13.8 Å². The maximum absolute atomic E-state index is 12.5. The zero-order valence-electron chi connectivity index (χ0n) is 12.2. The van der Waals surface area contributed by atoms with Gasteiger partial charge in [-0.15, -0.1) is 0 Å². The Morgan fingerprint density at radius 3 is 2.50 bits per heavy atom. The maximum atomic E-state index is 12.5. The molecule has 7 heteroatoms. The molecule has 6 nitrogen and oxygen atoms in total. The van der Waals surface area contributed by atoms with Gasteiger partial charge in [0.15, 0.2) is 9.84 Å². The summed E-state index contributed by atoms with van der Waals surface area (Å²) in [5.41, 5.74) is -0.967. The topological polar surface area (TPSA) is 83.6 Å². The molecule has 0 spiro atoms. The summed E-state index contributed by atoms with van der Waals surface area (Å²) in [4.78, 5) is 26.0. The molecule has 2 amide bonds. The normalized spacial score (nSPS) is 32.2. The average molecular weight is 302 g/mol. The van der Waals surface area contributed by atoms with Crippen molar-refractivity contribution < 1.29 is 18.0 Å². The highest BCUT2D eigenvalue weighted by Crippen LogP contribution is 2.26. The van der Waals surface area contributed by atoms with Gasteiger partial charge in [-0.25, -0.2) is 8.42 Å². The Morgan fingerprint density at radius 1 is 1.35 bits per heavy atom. The monoisotopic (exact) mass is 302 g/mol. The van der Waals surface area contributed by atoms with Gasteiger partial charge in [-0.2, -0.15) is 0 Å². The molecule has 2 aliphatic heterocycles. The largest absolute Gasteiger partial charge is 0.340 e. The Hall–Kier alpha value is -1.11. The van der Waals surface area contributed by atoms with Crippen LogP contribution < -0.4 is 5.32 Å². The van der Waals surface area contributed by atoms with Gasteiger partial charge in [0, 0.05) is 6.54 Å². The summed E-state index contributed by atoms with van der Waals surface area (Å²) in [6.07, 6.45) is 1.70. The number of nitrogens with one attached hydrogen (secondary N) is 1. The summed E-state index contributed by atoms with van der Waals surface area (Å²) in [6, 6.07) is -0.564. The molecule has 2 aliphatic rings. The molecule has 0 radical (unpaired) electrons. The molecule has 1 N–H and O–H groups in total. The lowest BCUT2D eigenvalue weighted by atomic mass is 9.95. The first kappa shape index (κ1) is 15.3. The van der Waals surface area contributed by atoms with Crippen LogP contribution in [0.5, 0.6) is 0 Å². The molecule has 20 heavy (non-hydrogen) atoms. The predicted molar refractivity (Wildman–Crippen MR) is 74.8 cm³/mol. The highest BCUT2D eigenvalue weighted by molar-refractivity contribution is 7.92. The lowest BCUT2D eigenvalue weighted by molar-refractivity contribution is -0.153. The third-order valence-electron chi connectivity index (χ3n) is 4.16. The van der Waals surface area contributed by atoms with Gasteiger partial charge in [0.2, 0.25) is 11.8 Å². The third-order valence-corrected chi connectivity index (χ3v) is 6.42. The minimum absolute atomic E-state index is 0.135. The van der Waals surface area contributed by atoms with E-state index in [9.17, 15) is 18.0 Å². The van der Waals surface area contributed by atoms with Crippen molar-refractivity contribution in [3.05, 3.63) is 0 Å². The first-order valence-corrected chi connectivity index (χ1v) is 8.75. The van der Waals surface area contributed by atoms with Crippen LogP contribution in [0.4, 0.5) is 0 Å². The van der Waals surface area contributed by atoms with Crippen molar-refractivity contribution in [1.82, 2.24) is 10.2 Å². The van der Waals surface area contributed by atoms with E-state index in [2.05, 4.69) is 5.32 Å². The first-order chi connectivity index (χ1) is 9.19. The smallest absolute Gasteiger partial charge is 0.248 e. The summed E-state index contributed by atoms with van der Waals surface area (Å²) in [6.45, 7) is 5.26. The van der Waals surface area contributed by atoms with Crippen LogP contribution in [0.15, 0.2) is 0 Å². The molecule has 0 aromatic rings. The van der Waals surface area contributed by atoms with Crippen LogP contribution in [0.2, 0.25) is 0 Å². The highest BCUT2D eigenvalue weighted by Gasteiger charge is 2.46. The molecule has 0 saturated carbocycles. The van der Waals surface area contributed by atoms with Crippen LogP contribution >= 0.6 is 0 Å². The highest BCUT2D eigenvalue weighted by atomic mass is 32.2. The fourth-order valence-electron chi connectivity index (χ4n) is 2.99. The average Bonchev–Trinajstić information content (AvgIpc) is 2.65. The third kappa shape index (κ3) is 2.55. The van der Waals surface area contributed by atoms with E-state index in [0.717, 1.165) is 0 Å². The molecule has 2 saturated heterocycles. The van der Waals surface area contributed by atoms with Crippen molar-refractivity contribution in [2.75, 3.05) is 12.3 Å². The number of carbonyl (C=O) groups excluding carboxylic acids is 2. The van der Waals surface area contributed by atoms with E-state index in [-0.39, 0.29) is 24.1 Å². The summed E-state index contributed by atoms with van der Waals surface area (Å²) in [5, 5.41) is 2.18. The molecule has 2 heterocycles. The molecular formula is C13H22N2O4S. The fourth-order valence-corrected chi connectivity index (χ4v) is 4.80. The maximum Gasteiger partial charge on any atom is 0.248 e. The second kappa shape index (κ2) is 5.02. The summed E-state index contributed by atoms with van der Waals surface area (Å²) in [5.74, 6) is -0.218. The van der Waals surface area contributed by atoms with Crippen LogP contribution in [0, 0.1) is 0 Å². The molecule has 0 aliphatic carbocycles. The van der Waals surface area contributed by atoms with Crippen molar-refractivity contribution in [2.24, 2.45) is 0 Å². The standard InChI is InChI=1S/C13H22N2O4S/c1-4-10-11(16)14-13(2,3)12(17)15(10)8-9-6-5-7-20(9,18)19/h9-10H,4-8H2,1-3H3,(H,14,16). The van der Waals surface area contributed by atoms with Gasteiger partial charge in [-0.1, -0.05) is 6.92 Å². The number of piperazine rings is 1. The Bertz CT molecular complexity index is 526. The summed E-state index contributed by atoms with van der Waals surface area (Å²) in [7, 11) is -3.12. The van der Waals surface area contributed by atoms with Crippen molar-refractivity contribution in [3.63, 3.8) is 0 Å².